The molecule has 0 fully saturated rings. The van der Waals surface area contributed by atoms with Gasteiger partial charge in [0.1, 0.15) is 0 Å². The van der Waals surface area contributed by atoms with E-state index in [4.69, 9.17) is 15.0 Å². The zero-order valence-electron chi connectivity index (χ0n) is 18.5. The van der Waals surface area contributed by atoms with Crippen LogP contribution in [0, 0.1) is 6.57 Å². The van der Waals surface area contributed by atoms with Crippen molar-refractivity contribution in [1.29, 1.82) is 0 Å². The van der Waals surface area contributed by atoms with E-state index in [9.17, 15) is 4.79 Å². The van der Waals surface area contributed by atoms with Gasteiger partial charge in [0.25, 0.3) is 5.56 Å². The van der Waals surface area contributed by atoms with Crippen LogP contribution in [0.3, 0.4) is 0 Å². The lowest BCUT2D eigenvalue weighted by atomic mass is 9.96. The van der Waals surface area contributed by atoms with E-state index in [2.05, 4.69) is 20.1 Å². The molecule has 3 aromatic carbocycles. The van der Waals surface area contributed by atoms with E-state index in [0.717, 1.165) is 27.6 Å². The first-order valence-electron chi connectivity index (χ1n) is 10.5. The summed E-state index contributed by atoms with van der Waals surface area (Å²) < 4.78 is 17.5. The maximum Gasteiger partial charge on any atom is 0.272 e. The van der Waals surface area contributed by atoms with Gasteiger partial charge in [-0.05, 0) is 28.5 Å². The van der Waals surface area contributed by atoms with Gasteiger partial charge in [0.2, 0.25) is 5.69 Å². The van der Waals surface area contributed by atoms with Gasteiger partial charge >= 0.3 is 0 Å². The number of hydrogen-bond donors (Lipinski definition) is 2. The summed E-state index contributed by atoms with van der Waals surface area (Å²) >= 11 is 0. The summed E-state index contributed by atoms with van der Waals surface area (Å²) in [6, 6.07) is 16.7. The molecule has 0 aliphatic rings. The Morgan fingerprint density at radius 2 is 1.97 bits per heavy atom. The van der Waals surface area contributed by atoms with Crippen LogP contribution in [-0.4, -0.2) is 20.0 Å². The largest absolute Gasteiger partial charge is 0.325 e. The summed E-state index contributed by atoms with van der Waals surface area (Å²) in [7, 11) is 1.80. The minimum absolute atomic E-state index is 0.0584. The highest BCUT2D eigenvalue weighted by atomic mass is 16.1. The topological polar surface area (TPSA) is 94.0 Å². The molecule has 0 saturated carbocycles. The molecule has 2 aromatic heterocycles. The molecule has 5 aromatic rings. The third-order valence-electron chi connectivity index (χ3n) is 5.44. The van der Waals surface area contributed by atoms with E-state index in [-0.39, 0.29) is 11.1 Å². The second-order valence-electron chi connectivity index (χ2n) is 7.13. The number of H-pyrrole nitrogens is 1. The molecule has 0 aliphatic carbocycles. The van der Waals surface area contributed by atoms with Gasteiger partial charge in [-0.3, -0.25) is 9.48 Å². The Balaban J connectivity index is 1.79. The van der Waals surface area contributed by atoms with Crippen molar-refractivity contribution >= 4 is 27.2 Å². The number of hydrogen-bond acceptors (Lipinski definition) is 4. The van der Waals surface area contributed by atoms with E-state index in [1.807, 2.05) is 36.4 Å². The third kappa shape index (κ3) is 2.89. The van der Waals surface area contributed by atoms with Crippen LogP contribution < -0.4 is 11.3 Å². The summed E-state index contributed by atoms with van der Waals surface area (Å²) in [6.45, 7) is 5.59. The lowest BCUT2D eigenvalue weighted by Gasteiger charge is -2.12. The summed E-state index contributed by atoms with van der Waals surface area (Å²) in [5.74, 6) is 0. The molecule has 5 rings (SSSR count). The van der Waals surface area contributed by atoms with Gasteiger partial charge in [0, 0.05) is 32.8 Å². The fourth-order valence-corrected chi connectivity index (χ4v) is 3.98. The standard InChI is InChI=1S/C24H18N6O/c1-26-22-16-6-4-3-5-14(16)7-10-18(22)23-20(13-27-30(23)2)15-8-9-17-19(11-15)21(12-25)28-29-24(17)31/h3-11,13H,12,25H2,2H3,(H,29,31)/i12D2. The number of fused-ring (bicyclic) bond motifs is 2. The first-order chi connectivity index (χ1) is 15.8. The van der Waals surface area contributed by atoms with Crippen LogP contribution in [0.5, 0.6) is 0 Å². The molecular formula is C24H18N6O. The predicted molar refractivity (Wildman–Crippen MR) is 122 cm³/mol. The van der Waals surface area contributed by atoms with Gasteiger partial charge in [0.15, 0.2) is 0 Å². The molecule has 7 nitrogen and oxygen atoms in total. The number of aryl methyl sites for hydroxylation is 1. The Kier molecular flexibility index (Phi) is 3.83. The van der Waals surface area contributed by atoms with Crippen molar-refractivity contribution in [2.45, 2.75) is 6.50 Å². The van der Waals surface area contributed by atoms with Crippen LogP contribution in [0.2, 0.25) is 0 Å². The molecule has 0 spiro atoms. The Morgan fingerprint density at radius 3 is 2.77 bits per heavy atom. The molecular weight excluding hydrogens is 388 g/mol. The summed E-state index contributed by atoms with van der Waals surface area (Å²) in [5.41, 5.74) is 8.62. The lowest BCUT2D eigenvalue weighted by molar-refractivity contribution is 0.776. The van der Waals surface area contributed by atoms with Gasteiger partial charge in [-0.15, -0.1) is 0 Å². The van der Waals surface area contributed by atoms with E-state index in [1.165, 1.54) is 0 Å². The highest BCUT2D eigenvalue weighted by Crippen LogP contribution is 2.41. The smallest absolute Gasteiger partial charge is 0.272 e. The second-order valence-corrected chi connectivity index (χ2v) is 7.13. The van der Waals surface area contributed by atoms with Crippen LogP contribution >= 0.6 is 0 Å². The summed E-state index contributed by atoms with van der Waals surface area (Å²) in [5, 5.41) is 13.0. The van der Waals surface area contributed by atoms with Crippen molar-refractivity contribution < 1.29 is 2.74 Å². The van der Waals surface area contributed by atoms with Crippen molar-refractivity contribution in [3.63, 3.8) is 0 Å². The van der Waals surface area contributed by atoms with Gasteiger partial charge in [-0.25, -0.2) is 9.94 Å². The van der Waals surface area contributed by atoms with Gasteiger partial charge < -0.3 is 5.73 Å². The van der Waals surface area contributed by atoms with Crippen molar-refractivity contribution in [3.8, 4) is 22.4 Å². The van der Waals surface area contributed by atoms with Gasteiger partial charge in [-0.2, -0.15) is 10.2 Å². The first kappa shape index (κ1) is 16.5. The van der Waals surface area contributed by atoms with Crippen molar-refractivity contribution in [2.24, 2.45) is 12.8 Å². The Bertz CT molecular complexity index is 1660. The van der Waals surface area contributed by atoms with E-state index in [1.54, 1.807) is 36.1 Å². The molecule has 0 bridgehead atoms. The summed E-state index contributed by atoms with van der Waals surface area (Å²) in [6.07, 6.45) is 1.69. The zero-order chi connectivity index (χ0) is 23.3. The number of rotatable bonds is 3. The normalized spacial score (nSPS) is 12.5. The van der Waals surface area contributed by atoms with Crippen LogP contribution in [0.15, 0.2) is 65.6 Å². The molecule has 0 aliphatic heterocycles. The maximum absolute atomic E-state index is 12.3. The molecule has 0 radical (unpaired) electrons. The van der Waals surface area contributed by atoms with E-state index >= 15 is 0 Å². The van der Waals surface area contributed by atoms with Crippen molar-refractivity contribution in [1.82, 2.24) is 20.0 Å². The highest BCUT2D eigenvalue weighted by Gasteiger charge is 2.19. The Hall–Kier alpha value is -4.28. The molecule has 3 N–H and O–H groups in total. The monoisotopic (exact) mass is 408 g/mol. The van der Waals surface area contributed by atoms with E-state index < -0.39 is 12.1 Å². The molecule has 0 amide bonds. The molecule has 7 heteroatoms. The molecule has 0 unspecified atom stereocenters. The predicted octanol–water partition coefficient (Wildman–Crippen LogP) is 4.15. The number of nitrogens with two attached hydrogens (primary N) is 1. The van der Waals surface area contributed by atoms with Crippen molar-refractivity contribution in [2.75, 3.05) is 0 Å². The fraction of sp³-hybridized carbons (Fsp3) is 0.0833. The molecule has 0 saturated heterocycles. The first-order valence-corrected chi connectivity index (χ1v) is 9.53. The third-order valence-corrected chi connectivity index (χ3v) is 5.44. The van der Waals surface area contributed by atoms with Crippen LogP contribution in [0.1, 0.15) is 8.44 Å². The number of aromatic nitrogens is 4. The summed E-state index contributed by atoms with van der Waals surface area (Å²) in [4.78, 5) is 16.1. The number of nitrogens with one attached hydrogen (secondary N) is 1. The van der Waals surface area contributed by atoms with Gasteiger partial charge in [-0.1, -0.05) is 42.5 Å². The fourth-order valence-electron chi connectivity index (χ4n) is 3.98. The average molecular weight is 408 g/mol. The zero-order valence-corrected chi connectivity index (χ0v) is 16.5. The van der Waals surface area contributed by atoms with Crippen LogP contribution in [0.25, 0.3) is 48.8 Å². The lowest BCUT2D eigenvalue weighted by Crippen LogP contribution is -2.13. The molecule has 150 valence electrons. The van der Waals surface area contributed by atoms with Gasteiger partial charge in [0.05, 0.1) is 29.5 Å². The molecule has 0 atom stereocenters. The quantitative estimate of drug-likeness (QED) is 0.439. The highest BCUT2D eigenvalue weighted by molar-refractivity contribution is 6.04. The number of nitrogens with zero attached hydrogens (tertiary/aromatic N) is 4. The average Bonchev–Trinajstić information content (AvgIpc) is 3.18. The molecule has 31 heavy (non-hydrogen) atoms. The number of aromatic amines is 1. The van der Waals surface area contributed by atoms with Crippen LogP contribution in [0.4, 0.5) is 5.69 Å². The Labute approximate surface area is 180 Å². The minimum Gasteiger partial charge on any atom is -0.325 e. The SMILES string of the molecule is [2H]C([2H])(N)c1n[nH]c(=O)c2ccc(-c3cnn(C)c3-c3ccc4ccccc4c3[N+]#[C-])cc12. The molecule has 2 heterocycles. The van der Waals surface area contributed by atoms with E-state index in [0.29, 0.717) is 16.6 Å². The minimum atomic E-state index is -2.24. The second kappa shape index (κ2) is 7.20. The Morgan fingerprint density at radius 1 is 1.13 bits per heavy atom. The van der Waals surface area contributed by atoms with Crippen molar-refractivity contribution in [3.05, 3.63) is 88.3 Å². The van der Waals surface area contributed by atoms with Crippen LogP contribution in [-0.2, 0) is 13.5 Å². The maximum atomic E-state index is 12.3. The number of benzene rings is 3.